The summed E-state index contributed by atoms with van der Waals surface area (Å²) < 4.78 is 1.76. The van der Waals surface area contributed by atoms with Crippen molar-refractivity contribution >= 4 is 5.82 Å². The van der Waals surface area contributed by atoms with Gasteiger partial charge in [0.1, 0.15) is 5.82 Å². The van der Waals surface area contributed by atoms with E-state index in [0.717, 1.165) is 55.2 Å². The molecule has 0 aliphatic carbocycles. The number of aromatic nitrogens is 4. The molecule has 1 aliphatic rings. The van der Waals surface area contributed by atoms with Gasteiger partial charge in [-0.2, -0.15) is 0 Å². The number of aryl methyl sites for hydroxylation is 2. The van der Waals surface area contributed by atoms with E-state index in [9.17, 15) is 4.79 Å². The number of hydrogen-bond acceptors (Lipinski definition) is 5. The average molecular weight is 313 g/mol. The average Bonchev–Trinajstić information content (AvgIpc) is 2.56. The molecule has 0 radical (unpaired) electrons. The van der Waals surface area contributed by atoms with Crippen molar-refractivity contribution in [3.8, 4) is 0 Å². The van der Waals surface area contributed by atoms with Gasteiger partial charge in [-0.15, -0.1) is 0 Å². The lowest BCUT2D eigenvalue weighted by Crippen LogP contribution is -2.37. The first-order chi connectivity index (χ1) is 11.0. The van der Waals surface area contributed by atoms with Crippen LogP contribution < -0.4 is 10.5 Å². The first kappa shape index (κ1) is 15.6. The van der Waals surface area contributed by atoms with Crippen LogP contribution in [0, 0.1) is 26.7 Å². The Bertz CT molecular complexity index is 747. The van der Waals surface area contributed by atoms with Crippen molar-refractivity contribution in [2.24, 2.45) is 5.92 Å². The molecule has 1 aliphatic heterocycles. The van der Waals surface area contributed by atoms with Gasteiger partial charge in [-0.05, 0) is 39.5 Å². The van der Waals surface area contributed by atoms with E-state index in [1.54, 1.807) is 17.1 Å². The minimum Gasteiger partial charge on any atom is -0.355 e. The zero-order chi connectivity index (χ0) is 16.4. The van der Waals surface area contributed by atoms with Crippen LogP contribution in [0.25, 0.3) is 0 Å². The molecular formula is C17H23N5O. The van der Waals surface area contributed by atoms with Crippen molar-refractivity contribution in [3.63, 3.8) is 0 Å². The zero-order valence-electron chi connectivity index (χ0n) is 14.0. The molecule has 6 nitrogen and oxygen atoms in total. The third-order valence-electron chi connectivity index (χ3n) is 4.65. The summed E-state index contributed by atoms with van der Waals surface area (Å²) in [5.41, 5.74) is 2.60. The van der Waals surface area contributed by atoms with Crippen LogP contribution in [0.5, 0.6) is 0 Å². The van der Waals surface area contributed by atoms with Gasteiger partial charge in [0.25, 0.3) is 5.56 Å². The molecule has 0 saturated carbocycles. The smallest absolute Gasteiger partial charge is 0.256 e. The molecule has 3 rings (SSSR count). The monoisotopic (exact) mass is 313 g/mol. The van der Waals surface area contributed by atoms with Gasteiger partial charge in [0, 0.05) is 37.1 Å². The Balaban J connectivity index is 1.64. The maximum absolute atomic E-state index is 12.3. The Morgan fingerprint density at radius 1 is 1.17 bits per heavy atom. The Labute approximate surface area is 136 Å². The van der Waals surface area contributed by atoms with Gasteiger partial charge in [0.05, 0.1) is 18.2 Å². The standard InChI is InChI=1S/C17H23N5O/c1-12-8-18-9-16(20-12)21-6-4-15(5-7-21)10-22-11-19-14(3)13(2)17(22)23/h8-9,11,15H,4-7,10H2,1-3H3. The first-order valence-corrected chi connectivity index (χ1v) is 8.11. The summed E-state index contributed by atoms with van der Waals surface area (Å²) in [7, 11) is 0. The van der Waals surface area contributed by atoms with Crippen LogP contribution in [-0.2, 0) is 6.54 Å². The Kier molecular flexibility index (Phi) is 4.41. The topological polar surface area (TPSA) is 63.9 Å². The van der Waals surface area contributed by atoms with Gasteiger partial charge in [0.15, 0.2) is 0 Å². The largest absolute Gasteiger partial charge is 0.355 e. The highest BCUT2D eigenvalue weighted by Crippen LogP contribution is 2.22. The van der Waals surface area contributed by atoms with Crippen LogP contribution in [0.2, 0.25) is 0 Å². The minimum absolute atomic E-state index is 0.0875. The molecular weight excluding hydrogens is 290 g/mol. The maximum atomic E-state index is 12.3. The fraction of sp³-hybridized carbons (Fsp3) is 0.529. The third kappa shape index (κ3) is 3.41. The van der Waals surface area contributed by atoms with Gasteiger partial charge < -0.3 is 4.90 Å². The highest BCUT2D eigenvalue weighted by atomic mass is 16.1. The minimum atomic E-state index is 0.0875. The number of nitrogens with zero attached hydrogens (tertiary/aromatic N) is 5. The molecule has 0 bridgehead atoms. The molecule has 0 aromatic carbocycles. The second kappa shape index (κ2) is 6.48. The lowest BCUT2D eigenvalue weighted by molar-refractivity contribution is 0.349. The molecule has 122 valence electrons. The van der Waals surface area contributed by atoms with Crippen molar-refractivity contribution < 1.29 is 0 Å². The summed E-state index contributed by atoms with van der Waals surface area (Å²) in [6.45, 7) is 8.34. The predicted molar refractivity (Wildman–Crippen MR) is 89.7 cm³/mol. The van der Waals surface area contributed by atoms with Gasteiger partial charge >= 0.3 is 0 Å². The van der Waals surface area contributed by atoms with Crippen LogP contribution in [0.15, 0.2) is 23.5 Å². The summed E-state index contributed by atoms with van der Waals surface area (Å²) in [6.07, 6.45) is 7.38. The fourth-order valence-corrected chi connectivity index (χ4v) is 3.03. The van der Waals surface area contributed by atoms with E-state index >= 15 is 0 Å². The van der Waals surface area contributed by atoms with Gasteiger partial charge in [-0.3, -0.25) is 14.3 Å². The fourth-order valence-electron chi connectivity index (χ4n) is 3.03. The molecule has 0 atom stereocenters. The highest BCUT2D eigenvalue weighted by Gasteiger charge is 2.21. The summed E-state index contributed by atoms with van der Waals surface area (Å²) in [5.74, 6) is 1.46. The van der Waals surface area contributed by atoms with Gasteiger partial charge in [-0.25, -0.2) is 9.97 Å². The molecule has 6 heteroatoms. The second-order valence-corrected chi connectivity index (χ2v) is 6.36. The van der Waals surface area contributed by atoms with Crippen LogP contribution in [-0.4, -0.2) is 32.6 Å². The summed E-state index contributed by atoms with van der Waals surface area (Å²) >= 11 is 0. The molecule has 2 aromatic heterocycles. The normalized spacial score (nSPS) is 15.9. The van der Waals surface area contributed by atoms with Crippen molar-refractivity contribution in [2.45, 2.75) is 40.2 Å². The van der Waals surface area contributed by atoms with Crippen molar-refractivity contribution in [2.75, 3.05) is 18.0 Å². The Morgan fingerprint density at radius 2 is 1.91 bits per heavy atom. The molecule has 1 saturated heterocycles. The van der Waals surface area contributed by atoms with E-state index in [1.165, 1.54) is 0 Å². The molecule has 0 spiro atoms. The predicted octanol–water partition coefficient (Wildman–Crippen LogP) is 1.88. The summed E-state index contributed by atoms with van der Waals surface area (Å²) in [5, 5.41) is 0. The summed E-state index contributed by atoms with van der Waals surface area (Å²) in [6, 6.07) is 0. The third-order valence-corrected chi connectivity index (χ3v) is 4.65. The number of hydrogen-bond donors (Lipinski definition) is 0. The van der Waals surface area contributed by atoms with Crippen LogP contribution >= 0.6 is 0 Å². The lowest BCUT2D eigenvalue weighted by Gasteiger charge is -2.32. The highest BCUT2D eigenvalue weighted by molar-refractivity contribution is 5.36. The van der Waals surface area contributed by atoms with E-state index < -0.39 is 0 Å². The molecule has 0 amide bonds. The molecule has 3 heterocycles. The second-order valence-electron chi connectivity index (χ2n) is 6.36. The maximum Gasteiger partial charge on any atom is 0.256 e. The van der Waals surface area contributed by atoms with Crippen molar-refractivity contribution in [3.05, 3.63) is 46.0 Å². The molecule has 0 unspecified atom stereocenters. The SMILES string of the molecule is Cc1cncc(N2CCC(Cn3cnc(C)c(C)c3=O)CC2)n1. The van der Waals surface area contributed by atoms with Gasteiger partial charge in [-0.1, -0.05) is 0 Å². The van der Waals surface area contributed by atoms with E-state index in [0.29, 0.717) is 5.92 Å². The number of rotatable bonds is 3. The Hall–Kier alpha value is -2.24. The van der Waals surface area contributed by atoms with Crippen LogP contribution in [0.1, 0.15) is 29.8 Å². The Morgan fingerprint density at radius 3 is 2.61 bits per heavy atom. The number of piperidine rings is 1. The van der Waals surface area contributed by atoms with Crippen LogP contribution in [0.3, 0.4) is 0 Å². The van der Waals surface area contributed by atoms with Crippen molar-refractivity contribution in [1.82, 2.24) is 19.5 Å². The molecule has 2 aromatic rings. The van der Waals surface area contributed by atoms with Gasteiger partial charge in [0.2, 0.25) is 0 Å². The van der Waals surface area contributed by atoms with E-state index in [4.69, 9.17) is 0 Å². The lowest BCUT2D eigenvalue weighted by atomic mass is 9.96. The zero-order valence-corrected chi connectivity index (χ0v) is 14.0. The molecule has 23 heavy (non-hydrogen) atoms. The van der Waals surface area contributed by atoms with E-state index in [1.807, 2.05) is 27.0 Å². The number of anilines is 1. The molecule has 1 fully saturated rings. The van der Waals surface area contributed by atoms with E-state index in [2.05, 4.69) is 19.9 Å². The molecule has 0 N–H and O–H groups in total. The summed E-state index contributed by atoms with van der Waals surface area (Å²) in [4.78, 5) is 27.6. The van der Waals surface area contributed by atoms with Crippen molar-refractivity contribution in [1.29, 1.82) is 0 Å². The quantitative estimate of drug-likeness (QED) is 0.865. The van der Waals surface area contributed by atoms with Crippen LogP contribution in [0.4, 0.5) is 5.82 Å². The first-order valence-electron chi connectivity index (χ1n) is 8.11. The van der Waals surface area contributed by atoms with E-state index in [-0.39, 0.29) is 5.56 Å².